The number of esters is 2. The highest BCUT2D eigenvalue weighted by Crippen LogP contribution is 2.43. The van der Waals surface area contributed by atoms with Crippen molar-refractivity contribution < 1.29 is 32.9 Å². The van der Waals surface area contributed by atoms with Crippen LogP contribution in [0.15, 0.2) is 60.7 Å². The molecule has 3 rings (SSSR count). The quantitative estimate of drug-likeness (QED) is 0.153. The summed E-state index contributed by atoms with van der Waals surface area (Å²) in [7, 11) is 2.93. The molecule has 0 N–H and O–H groups in total. The third-order valence-corrected chi connectivity index (χ3v) is 7.15. The van der Waals surface area contributed by atoms with Gasteiger partial charge in [-0.15, -0.1) is 0 Å². The SMILES string of the molecule is C=C(COC)C(=O)Oc1ccc(-c2ccc(OC(=O)C(=C)COC)c(F)c2)c(C2CCC(CCCC)CC2)c1. The third-order valence-electron chi connectivity index (χ3n) is 7.15. The Bertz CT molecular complexity index is 1180. The van der Waals surface area contributed by atoms with Crippen LogP contribution in [0.2, 0.25) is 0 Å². The topological polar surface area (TPSA) is 71.1 Å². The first kappa shape index (κ1) is 30.3. The zero-order chi connectivity index (χ0) is 28.4. The molecule has 2 aromatic carbocycles. The predicted octanol–water partition coefficient (Wildman–Crippen LogP) is 7.17. The molecule has 1 fully saturated rings. The summed E-state index contributed by atoms with van der Waals surface area (Å²) in [5.41, 5.74) is 2.82. The normalized spacial score (nSPS) is 16.9. The number of ether oxygens (including phenoxy) is 4. The van der Waals surface area contributed by atoms with E-state index in [2.05, 4.69) is 20.1 Å². The number of methoxy groups -OCH3 is 2. The Balaban J connectivity index is 1.89. The molecule has 0 aliphatic heterocycles. The second-order valence-electron chi connectivity index (χ2n) is 10.1. The van der Waals surface area contributed by atoms with Crippen LogP contribution in [-0.2, 0) is 19.1 Å². The van der Waals surface area contributed by atoms with Crippen LogP contribution in [0.5, 0.6) is 11.5 Å². The molecule has 0 heterocycles. The van der Waals surface area contributed by atoms with Gasteiger partial charge < -0.3 is 18.9 Å². The van der Waals surface area contributed by atoms with E-state index in [0.29, 0.717) is 11.3 Å². The molecule has 6 nitrogen and oxygen atoms in total. The second-order valence-corrected chi connectivity index (χ2v) is 10.1. The molecular weight excluding hydrogens is 499 g/mol. The zero-order valence-electron chi connectivity index (χ0n) is 23.2. The Morgan fingerprint density at radius 3 is 2.13 bits per heavy atom. The molecule has 1 aliphatic rings. The van der Waals surface area contributed by atoms with Crippen molar-refractivity contribution >= 4 is 11.9 Å². The number of hydrogen-bond acceptors (Lipinski definition) is 6. The fourth-order valence-corrected chi connectivity index (χ4v) is 5.03. The van der Waals surface area contributed by atoms with Crippen molar-refractivity contribution in [2.24, 2.45) is 5.92 Å². The van der Waals surface area contributed by atoms with Gasteiger partial charge in [0.1, 0.15) is 5.75 Å². The van der Waals surface area contributed by atoms with Crippen molar-refractivity contribution in [2.75, 3.05) is 27.4 Å². The number of hydrogen-bond donors (Lipinski definition) is 0. The van der Waals surface area contributed by atoms with Crippen molar-refractivity contribution in [1.29, 1.82) is 0 Å². The van der Waals surface area contributed by atoms with E-state index in [1.165, 1.54) is 45.6 Å². The van der Waals surface area contributed by atoms with Gasteiger partial charge in [-0.1, -0.05) is 51.5 Å². The molecule has 1 saturated carbocycles. The van der Waals surface area contributed by atoms with E-state index in [-0.39, 0.29) is 36.0 Å². The van der Waals surface area contributed by atoms with Crippen molar-refractivity contribution in [3.05, 3.63) is 72.1 Å². The molecule has 2 aromatic rings. The Labute approximate surface area is 230 Å². The Morgan fingerprint density at radius 2 is 1.54 bits per heavy atom. The maximum atomic E-state index is 15.1. The van der Waals surface area contributed by atoms with Gasteiger partial charge in [0.25, 0.3) is 0 Å². The van der Waals surface area contributed by atoms with Gasteiger partial charge in [0.15, 0.2) is 11.6 Å². The first-order valence-electron chi connectivity index (χ1n) is 13.5. The lowest BCUT2D eigenvalue weighted by Gasteiger charge is -2.30. The zero-order valence-corrected chi connectivity index (χ0v) is 23.2. The van der Waals surface area contributed by atoms with Crippen molar-refractivity contribution in [3.8, 4) is 22.6 Å². The van der Waals surface area contributed by atoms with Gasteiger partial charge in [0.2, 0.25) is 0 Å². The molecule has 210 valence electrons. The van der Waals surface area contributed by atoms with Crippen LogP contribution < -0.4 is 9.47 Å². The molecule has 1 aliphatic carbocycles. The number of benzene rings is 2. The maximum absolute atomic E-state index is 15.1. The highest BCUT2D eigenvalue weighted by Gasteiger charge is 2.26. The minimum atomic E-state index is -0.745. The van der Waals surface area contributed by atoms with Crippen molar-refractivity contribution in [2.45, 2.75) is 57.8 Å². The smallest absolute Gasteiger partial charge is 0.341 e. The molecular formula is C32H39FO6. The van der Waals surface area contributed by atoms with Gasteiger partial charge in [-0.05, 0) is 78.5 Å². The lowest BCUT2D eigenvalue weighted by Crippen LogP contribution is -2.16. The number of carbonyl (C=O) groups excluding carboxylic acids is 2. The highest BCUT2D eigenvalue weighted by atomic mass is 19.1. The highest BCUT2D eigenvalue weighted by molar-refractivity contribution is 5.90. The van der Waals surface area contributed by atoms with Crippen molar-refractivity contribution in [1.82, 2.24) is 0 Å². The fourth-order valence-electron chi connectivity index (χ4n) is 5.03. The fraction of sp³-hybridized carbons (Fsp3) is 0.438. The van der Waals surface area contributed by atoms with Crippen LogP contribution in [0.1, 0.15) is 63.4 Å². The predicted molar refractivity (Wildman–Crippen MR) is 149 cm³/mol. The summed E-state index contributed by atoms with van der Waals surface area (Å²) in [6.07, 6.45) is 7.97. The third kappa shape index (κ3) is 8.35. The van der Waals surface area contributed by atoms with Crippen LogP contribution in [0, 0.1) is 11.7 Å². The standard InChI is InChI=1S/C32H39FO6/c1-6-7-8-23-9-11-24(12-10-23)28-18-26(38-31(34)21(2)19-36-4)14-15-27(28)25-13-16-30(29(33)17-25)39-32(35)22(3)20-37-5/h13-18,23-24H,2-3,6-12,19-20H2,1,4-5H3. The van der Waals surface area contributed by atoms with E-state index in [4.69, 9.17) is 18.9 Å². The van der Waals surface area contributed by atoms with Gasteiger partial charge in [-0.2, -0.15) is 0 Å². The van der Waals surface area contributed by atoms with Gasteiger partial charge >= 0.3 is 11.9 Å². The molecule has 7 heteroatoms. The van der Waals surface area contributed by atoms with Crippen LogP contribution in [0.25, 0.3) is 11.1 Å². The average molecular weight is 539 g/mol. The Kier molecular flexibility index (Phi) is 11.4. The largest absolute Gasteiger partial charge is 0.423 e. The Hall–Kier alpha value is -3.29. The summed E-state index contributed by atoms with van der Waals surface area (Å²) < 4.78 is 35.7. The minimum Gasteiger partial charge on any atom is -0.423 e. The van der Waals surface area contributed by atoms with E-state index in [1.807, 2.05) is 12.1 Å². The van der Waals surface area contributed by atoms with Crippen LogP contribution in [0.4, 0.5) is 4.39 Å². The number of halogens is 1. The van der Waals surface area contributed by atoms with E-state index >= 15 is 4.39 Å². The number of rotatable bonds is 13. The summed E-state index contributed by atoms with van der Waals surface area (Å²) in [6.45, 7) is 9.62. The molecule has 0 saturated heterocycles. The summed E-state index contributed by atoms with van der Waals surface area (Å²) in [6, 6.07) is 9.95. The van der Waals surface area contributed by atoms with E-state index in [1.54, 1.807) is 12.1 Å². The maximum Gasteiger partial charge on any atom is 0.341 e. The van der Waals surface area contributed by atoms with Gasteiger partial charge in [-0.3, -0.25) is 0 Å². The van der Waals surface area contributed by atoms with E-state index in [9.17, 15) is 9.59 Å². The van der Waals surface area contributed by atoms with E-state index in [0.717, 1.165) is 42.7 Å². The first-order chi connectivity index (χ1) is 18.8. The summed E-state index contributed by atoms with van der Waals surface area (Å²) in [4.78, 5) is 24.6. The second kappa shape index (κ2) is 14.8. The molecule has 0 aromatic heterocycles. The molecule has 0 atom stereocenters. The van der Waals surface area contributed by atoms with Crippen LogP contribution in [0.3, 0.4) is 0 Å². The van der Waals surface area contributed by atoms with E-state index < -0.39 is 17.8 Å². The van der Waals surface area contributed by atoms with Crippen LogP contribution >= 0.6 is 0 Å². The van der Waals surface area contributed by atoms with Gasteiger partial charge in [0.05, 0.1) is 24.4 Å². The lowest BCUT2D eigenvalue weighted by atomic mass is 9.75. The molecule has 39 heavy (non-hydrogen) atoms. The lowest BCUT2D eigenvalue weighted by molar-refractivity contribution is -0.131. The number of carbonyl (C=O) groups is 2. The Morgan fingerprint density at radius 1 is 0.897 bits per heavy atom. The molecule has 0 spiro atoms. The average Bonchev–Trinajstić information content (AvgIpc) is 2.93. The molecule has 0 unspecified atom stereocenters. The summed E-state index contributed by atoms with van der Waals surface area (Å²) >= 11 is 0. The molecule has 0 bridgehead atoms. The van der Waals surface area contributed by atoms with Gasteiger partial charge in [-0.25, -0.2) is 14.0 Å². The number of unbranched alkanes of at least 4 members (excludes halogenated alkanes) is 1. The summed E-state index contributed by atoms with van der Waals surface area (Å²) in [5.74, 6) is -0.755. The van der Waals surface area contributed by atoms with Gasteiger partial charge in [0, 0.05) is 14.2 Å². The monoisotopic (exact) mass is 538 g/mol. The molecule has 0 amide bonds. The first-order valence-corrected chi connectivity index (χ1v) is 13.5. The van der Waals surface area contributed by atoms with Crippen molar-refractivity contribution in [3.63, 3.8) is 0 Å². The minimum absolute atomic E-state index is 0.00166. The summed E-state index contributed by atoms with van der Waals surface area (Å²) in [5, 5.41) is 0. The molecule has 0 radical (unpaired) electrons. The van der Waals surface area contributed by atoms with Crippen LogP contribution in [-0.4, -0.2) is 39.4 Å².